The molecule has 0 heterocycles. The molecule has 6 heteroatoms. The molecule has 0 aliphatic rings. The van der Waals surface area contributed by atoms with Gasteiger partial charge in [-0.3, -0.25) is 9.59 Å². The van der Waals surface area contributed by atoms with Crippen LogP contribution in [0.1, 0.15) is 100 Å². The molecule has 0 aromatic carbocycles. The molecule has 0 aliphatic carbocycles. The fourth-order valence-corrected chi connectivity index (χ4v) is 3.89. The normalized spacial score (nSPS) is 14.8. The Bertz CT molecular complexity index is 453. The molecule has 172 valence electrons. The molecular weight excluding hydrogens is 368 g/mol. The standard InChI is InChI=1S/C23H46N2O4/c1-9-22(28,10-2)18(13-16(5)6)24-20(26)15-21(27)25-19(14-17(7)8)23(29,11-3)12-4/h16-19,28-29H,9-15H2,1-8H3,(H,24,26)(H,25,27). The number of aliphatic hydroxyl groups is 2. The van der Waals surface area contributed by atoms with Gasteiger partial charge in [0.2, 0.25) is 11.8 Å². The summed E-state index contributed by atoms with van der Waals surface area (Å²) in [6.45, 7) is 15.8. The van der Waals surface area contributed by atoms with Crippen molar-refractivity contribution in [2.75, 3.05) is 0 Å². The van der Waals surface area contributed by atoms with Gasteiger partial charge in [-0.05, 0) is 50.4 Å². The van der Waals surface area contributed by atoms with E-state index in [1.807, 2.05) is 55.4 Å². The second kappa shape index (κ2) is 12.5. The molecule has 2 amide bonds. The van der Waals surface area contributed by atoms with Crippen molar-refractivity contribution in [3.05, 3.63) is 0 Å². The summed E-state index contributed by atoms with van der Waals surface area (Å²) in [6.07, 6.45) is 3.11. The van der Waals surface area contributed by atoms with Crippen LogP contribution in [0.5, 0.6) is 0 Å². The average Bonchev–Trinajstić information content (AvgIpc) is 2.64. The smallest absolute Gasteiger partial charge is 0.229 e. The van der Waals surface area contributed by atoms with Gasteiger partial charge in [0.1, 0.15) is 6.42 Å². The number of nitrogens with one attached hydrogen (secondary N) is 2. The lowest BCUT2D eigenvalue weighted by Gasteiger charge is -2.37. The Labute approximate surface area is 178 Å². The number of carbonyl (C=O) groups excluding carboxylic acids is 2. The van der Waals surface area contributed by atoms with Gasteiger partial charge in [0.05, 0.1) is 23.3 Å². The van der Waals surface area contributed by atoms with Gasteiger partial charge < -0.3 is 20.8 Å². The van der Waals surface area contributed by atoms with Crippen molar-refractivity contribution in [2.45, 2.75) is 124 Å². The molecule has 0 aromatic heterocycles. The van der Waals surface area contributed by atoms with E-state index < -0.39 is 35.1 Å². The predicted octanol–water partition coefficient (Wildman–Crippen LogP) is 3.54. The Morgan fingerprint density at radius 1 is 0.690 bits per heavy atom. The molecule has 0 saturated heterocycles. The monoisotopic (exact) mass is 414 g/mol. The molecule has 0 radical (unpaired) electrons. The number of amides is 2. The van der Waals surface area contributed by atoms with Gasteiger partial charge >= 0.3 is 0 Å². The van der Waals surface area contributed by atoms with Crippen molar-refractivity contribution in [3.8, 4) is 0 Å². The second-order valence-corrected chi connectivity index (χ2v) is 9.30. The molecule has 6 nitrogen and oxygen atoms in total. The van der Waals surface area contributed by atoms with Crippen LogP contribution in [-0.2, 0) is 9.59 Å². The van der Waals surface area contributed by atoms with Crippen LogP contribution >= 0.6 is 0 Å². The number of hydrogen-bond acceptors (Lipinski definition) is 4. The predicted molar refractivity (Wildman–Crippen MR) is 118 cm³/mol. The molecule has 0 rings (SSSR count). The molecule has 0 fully saturated rings. The van der Waals surface area contributed by atoms with Gasteiger partial charge in [-0.1, -0.05) is 55.4 Å². The summed E-state index contributed by atoms with van der Waals surface area (Å²) in [5.41, 5.74) is -1.97. The Morgan fingerprint density at radius 2 is 0.966 bits per heavy atom. The second-order valence-electron chi connectivity index (χ2n) is 9.30. The van der Waals surface area contributed by atoms with Crippen LogP contribution in [0, 0.1) is 11.8 Å². The van der Waals surface area contributed by atoms with Gasteiger partial charge in [-0.15, -0.1) is 0 Å². The Morgan fingerprint density at radius 3 is 1.17 bits per heavy atom. The quantitative estimate of drug-likeness (QED) is 0.327. The van der Waals surface area contributed by atoms with Crippen molar-refractivity contribution >= 4 is 11.8 Å². The van der Waals surface area contributed by atoms with E-state index in [1.54, 1.807) is 0 Å². The summed E-state index contributed by atoms with van der Waals surface area (Å²) < 4.78 is 0. The minimum atomic E-state index is -0.985. The number of carbonyl (C=O) groups is 2. The van der Waals surface area contributed by atoms with Gasteiger partial charge in [0.25, 0.3) is 0 Å². The van der Waals surface area contributed by atoms with Crippen LogP contribution in [0.4, 0.5) is 0 Å². The summed E-state index contributed by atoms with van der Waals surface area (Å²) in [5, 5.41) is 27.6. The van der Waals surface area contributed by atoms with Gasteiger partial charge in [0, 0.05) is 0 Å². The maximum atomic E-state index is 12.6. The maximum absolute atomic E-state index is 12.6. The summed E-state index contributed by atoms with van der Waals surface area (Å²) in [4.78, 5) is 25.1. The highest BCUT2D eigenvalue weighted by Gasteiger charge is 2.37. The Kier molecular flexibility index (Phi) is 12.0. The topological polar surface area (TPSA) is 98.7 Å². The van der Waals surface area contributed by atoms with E-state index in [-0.39, 0.29) is 6.42 Å². The minimum Gasteiger partial charge on any atom is -0.388 e. The molecule has 0 bridgehead atoms. The molecular formula is C23H46N2O4. The Balaban J connectivity index is 5.17. The SMILES string of the molecule is CCC(O)(CC)C(CC(C)C)NC(=O)CC(=O)NC(CC(C)C)C(O)(CC)CC. The Hall–Kier alpha value is -1.14. The van der Waals surface area contributed by atoms with Gasteiger partial charge in [0.15, 0.2) is 0 Å². The molecule has 0 aliphatic heterocycles. The minimum absolute atomic E-state index is 0.304. The lowest BCUT2D eigenvalue weighted by atomic mass is 9.83. The fourth-order valence-electron chi connectivity index (χ4n) is 3.89. The molecule has 0 spiro atoms. The van der Waals surface area contributed by atoms with Crippen LogP contribution in [0.25, 0.3) is 0 Å². The van der Waals surface area contributed by atoms with E-state index in [2.05, 4.69) is 10.6 Å². The van der Waals surface area contributed by atoms with Crippen LogP contribution in [0.3, 0.4) is 0 Å². The van der Waals surface area contributed by atoms with E-state index in [1.165, 1.54) is 0 Å². The zero-order valence-electron chi connectivity index (χ0n) is 20.0. The number of rotatable bonds is 14. The molecule has 0 saturated carbocycles. The molecule has 4 N–H and O–H groups in total. The molecule has 2 atom stereocenters. The molecule has 2 unspecified atom stereocenters. The highest BCUT2D eigenvalue weighted by molar-refractivity contribution is 5.97. The highest BCUT2D eigenvalue weighted by atomic mass is 16.3. The van der Waals surface area contributed by atoms with E-state index >= 15 is 0 Å². The molecule has 0 aromatic rings. The summed E-state index contributed by atoms with van der Waals surface area (Å²) in [6, 6.07) is -0.792. The van der Waals surface area contributed by atoms with Crippen LogP contribution < -0.4 is 10.6 Å². The molecule has 29 heavy (non-hydrogen) atoms. The van der Waals surface area contributed by atoms with Crippen molar-refractivity contribution in [3.63, 3.8) is 0 Å². The van der Waals surface area contributed by atoms with Gasteiger partial charge in [-0.2, -0.15) is 0 Å². The zero-order valence-corrected chi connectivity index (χ0v) is 20.0. The van der Waals surface area contributed by atoms with E-state index in [9.17, 15) is 19.8 Å². The summed E-state index contributed by atoms with van der Waals surface area (Å²) in [7, 11) is 0. The van der Waals surface area contributed by atoms with E-state index in [0.717, 1.165) is 0 Å². The highest BCUT2D eigenvalue weighted by Crippen LogP contribution is 2.26. The maximum Gasteiger partial charge on any atom is 0.229 e. The van der Waals surface area contributed by atoms with Crippen LogP contribution in [0.15, 0.2) is 0 Å². The van der Waals surface area contributed by atoms with Crippen LogP contribution in [-0.4, -0.2) is 45.3 Å². The average molecular weight is 415 g/mol. The van der Waals surface area contributed by atoms with Gasteiger partial charge in [-0.25, -0.2) is 0 Å². The van der Waals surface area contributed by atoms with Crippen molar-refractivity contribution in [1.29, 1.82) is 0 Å². The first kappa shape index (κ1) is 27.9. The largest absolute Gasteiger partial charge is 0.388 e. The van der Waals surface area contributed by atoms with Crippen molar-refractivity contribution in [2.24, 2.45) is 11.8 Å². The lowest BCUT2D eigenvalue weighted by molar-refractivity contribution is -0.133. The van der Waals surface area contributed by atoms with Crippen molar-refractivity contribution in [1.82, 2.24) is 10.6 Å². The lowest BCUT2D eigenvalue weighted by Crippen LogP contribution is -2.55. The van der Waals surface area contributed by atoms with Crippen molar-refractivity contribution < 1.29 is 19.8 Å². The number of hydrogen-bond donors (Lipinski definition) is 4. The fraction of sp³-hybridized carbons (Fsp3) is 0.913. The summed E-state index contributed by atoms with van der Waals surface area (Å²) >= 11 is 0. The third-order valence-corrected chi connectivity index (χ3v) is 6.15. The van der Waals surface area contributed by atoms with E-state index in [0.29, 0.717) is 50.4 Å². The first-order valence-electron chi connectivity index (χ1n) is 11.4. The van der Waals surface area contributed by atoms with E-state index in [4.69, 9.17) is 0 Å². The van der Waals surface area contributed by atoms with Crippen LogP contribution in [0.2, 0.25) is 0 Å². The first-order valence-corrected chi connectivity index (χ1v) is 11.4. The zero-order chi connectivity index (χ0) is 22.8. The summed E-state index contributed by atoms with van der Waals surface area (Å²) in [5.74, 6) is -0.182. The third-order valence-electron chi connectivity index (χ3n) is 6.15. The third kappa shape index (κ3) is 9.04. The first-order chi connectivity index (χ1) is 13.4.